The molecule has 15 heavy (non-hydrogen) atoms. The molecule has 0 radical (unpaired) electrons. The Morgan fingerprint density at radius 3 is 2.73 bits per heavy atom. The van der Waals surface area contributed by atoms with Crippen LogP contribution >= 0.6 is 27.7 Å². The van der Waals surface area contributed by atoms with E-state index >= 15 is 0 Å². The van der Waals surface area contributed by atoms with E-state index in [0.29, 0.717) is 5.92 Å². The summed E-state index contributed by atoms with van der Waals surface area (Å²) in [5, 5.41) is 7.54. The largest absolute Gasteiger partial charge is 0.384 e. The first-order chi connectivity index (χ1) is 7.02. The highest BCUT2D eigenvalue weighted by atomic mass is 79.9. The number of amidine groups is 1. The number of thioether (sulfide) groups is 1. The van der Waals surface area contributed by atoms with Crippen LogP contribution in [0.3, 0.4) is 0 Å². The number of rotatable bonds is 4. The Bertz CT molecular complexity index is 364. The summed E-state index contributed by atoms with van der Waals surface area (Å²) in [7, 11) is 0. The van der Waals surface area contributed by atoms with Crippen molar-refractivity contribution in [2.75, 3.05) is 5.75 Å². The quantitative estimate of drug-likeness (QED) is 0.506. The first kappa shape index (κ1) is 12.6. The highest BCUT2D eigenvalue weighted by Gasteiger charge is 2.10. The molecule has 0 saturated carbocycles. The zero-order chi connectivity index (χ0) is 11.4. The molecular formula is C11H15BrN2S. The first-order valence-electron chi connectivity index (χ1n) is 4.78. The van der Waals surface area contributed by atoms with Crippen LogP contribution in [0.15, 0.2) is 27.6 Å². The molecule has 0 fully saturated rings. The second-order valence-corrected chi connectivity index (χ2v) is 5.65. The van der Waals surface area contributed by atoms with Gasteiger partial charge in [0, 0.05) is 20.7 Å². The van der Waals surface area contributed by atoms with Gasteiger partial charge in [-0.15, -0.1) is 11.8 Å². The van der Waals surface area contributed by atoms with Crippen LogP contribution < -0.4 is 5.73 Å². The van der Waals surface area contributed by atoms with Crippen molar-refractivity contribution >= 4 is 33.5 Å². The van der Waals surface area contributed by atoms with E-state index in [9.17, 15) is 0 Å². The summed E-state index contributed by atoms with van der Waals surface area (Å²) in [5.74, 6) is 1.79. The van der Waals surface area contributed by atoms with Crippen LogP contribution in [0.4, 0.5) is 0 Å². The molecule has 1 rings (SSSR count). The number of nitrogen functional groups attached to an aromatic ring is 1. The first-order valence-corrected chi connectivity index (χ1v) is 6.56. The van der Waals surface area contributed by atoms with Crippen LogP contribution in [-0.4, -0.2) is 11.6 Å². The average Bonchev–Trinajstić information content (AvgIpc) is 2.13. The lowest BCUT2D eigenvalue weighted by atomic mass is 10.2. The summed E-state index contributed by atoms with van der Waals surface area (Å²) >= 11 is 5.17. The molecule has 3 N–H and O–H groups in total. The van der Waals surface area contributed by atoms with Crippen molar-refractivity contribution in [1.29, 1.82) is 5.41 Å². The molecule has 82 valence electrons. The van der Waals surface area contributed by atoms with Gasteiger partial charge in [-0.05, 0) is 34.0 Å². The van der Waals surface area contributed by atoms with E-state index in [-0.39, 0.29) is 5.84 Å². The molecule has 0 aromatic heterocycles. The van der Waals surface area contributed by atoms with E-state index in [1.165, 1.54) is 0 Å². The third-order valence-corrected chi connectivity index (χ3v) is 3.96. The van der Waals surface area contributed by atoms with Crippen molar-refractivity contribution in [2.24, 2.45) is 11.7 Å². The molecule has 0 atom stereocenters. The summed E-state index contributed by atoms with van der Waals surface area (Å²) in [4.78, 5) is 1.07. The predicted octanol–water partition coefficient (Wildman–Crippen LogP) is 3.48. The van der Waals surface area contributed by atoms with Gasteiger partial charge in [-0.3, -0.25) is 5.41 Å². The van der Waals surface area contributed by atoms with E-state index in [1.807, 2.05) is 18.2 Å². The maximum absolute atomic E-state index is 7.54. The maximum Gasteiger partial charge on any atom is 0.125 e. The Balaban J connectivity index is 2.96. The Labute approximate surface area is 103 Å². The molecule has 0 aliphatic carbocycles. The van der Waals surface area contributed by atoms with Crippen LogP contribution in [-0.2, 0) is 0 Å². The van der Waals surface area contributed by atoms with Crippen molar-refractivity contribution in [2.45, 2.75) is 18.7 Å². The summed E-state index contributed by atoms with van der Waals surface area (Å²) in [6.07, 6.45) is 0. The zero-order valence-corrected chi connectivity index (χ0v) is 11.3. The van der Waals surface area contributed by atoms with Crippen molar-refractivity contribution < 1.29 is 0 Å². The molecule has 0 unspecified atom stereocenters. The van der Waals surface area contributed by atoms with E-state index in [4.69, 9.17) is 11.1 Å². The topological polar surface area (TPSA) is 49.9 Å². The standard InChI is InChI=1S/C11H15BrN2S/c1-7(2)6-15-9-5-3-4-8(12)10(9)11(13)14/h3-5,7H,6H2,1-2H3,(H3,13,14). The lowest BCUT2D eigenvalue weighted by Gasteiger charge is -2.10. The van der Waals surface area contributed by atoms with Crippen molar-refractivity contribution in [3.63, 3.8) is 0 Å². The summed E-state index contributed by atoms with van der Waals surface area (Å²) < 4.78 is 0.892. The van der Waals surface area contributed by atoms with E-state index in [2.05, 4.69) is 29.8 Å². The van der Waals surface area contributed by atoms with Crippen LogP contribution in [0.5, 0.6) is 0 Å². The van der Waals surface area contributed by atoms with E-state index < -0.39 is 0 Å². The van der Waals surface area contributed by atoms with Gasteiger partial charge in [0.2, 0.25) is 0 Å². The highest BCUT2D eigenvalue weighted by molar-refractivity contribution is 9.10. The number of hydrogen-bond acceptors (Lipinski definition) is 2. The predicted molar refractivity (Wildman–Crippen MR) is 70.7 cm³/mol. The van der Waals surface area contributed by atoms with Crippen LogP contribution in [0.2, 0.25) is 0 Å². The summed E-state index contributed by atoms with van der Waals surface area (Å²) in [6, 6.07) is 5.89. The van der Waals surface area contributed by atoms with Gasteiger partial charge in [0.1, 0.15) is 5.84 Å². The molecule has 0 saturated heterocycles. The molecule has 0 spiro atoms. The summed E-state index contributed by atoms with van der Waals surface area (Å²) in [5.41, 5.74) is 6.37. The minimum absolute atomic E-state index is 0.119. The zero-order valence-electron chi connectivity index (χ0n) is 8.88. The normalized spacial score (nSPS) is 10.7. The fourth-order valence-corrected chi connectivity index (χ4v) is 2.91. The molecule has 0 bridgehead atoms. The Morgan fingerprint density at radius 1 is 1.53 bits per heavy atom. The second-order valence-electron chi connectivity index (χ2n) is 3.73. The monoisotopic (exact) mass is 286 g/mol. The number of nitrogens with two attached hydrogens (primary N) is 1. The van der Waals surface area contributed by atoms with Gasteiger partial charge in [0.25, 0.3) is 0 Å². The van der Waals surface area contributed by atoms with Gasteiger partial charge in [-0.1, -0.05) is 19.9 Å². The van der Waals surface area contributed by atoms with Gasteiger partial charge >= 0.3 is 0 Å². The minimum Gasteiger partial charge on any atom is -0.384 e. The Morgan fingerprint density at radius 2 is 2.20 bits per heavy atom. The summed E-state index contributed by atoms with van der Waals surface area (Å²) in [6.45, 7) is 4.36. The number of benzene rings is 1. The Hall–Kier alpha value is -0.480. The maximum atomic E-state index is 7.54. The number of nitrogens with one attached hydrogen (secondary N) is 1. The molecule has 0 aliphatic heterocycles. The van der Waals surface area contributed by atoms with Gasteiger partial charge in [0.05, 0.1) is 0 Å². The average molecular weight is 287 g/mol. The van der Waals surface area contributed by atoms with Crippen molar-refractivity contribution in [3.8, 4) is 0 Å². The van der Waals surface area contributed by atoms with Crippen molar-refractivity contribution in [3.05, 3.63) is 28.2 Å². The van der Waals surface area contributed by atoms with Gasteiger partial charge < -0.3 is 5.73 Å². The number of hydrogen-bond donors (Lipinski definition) is 2. The third-order valence-electron chi connectivity index (χ3n) is 1.82. The number of halogens is 1. The lowest BCUT2D eigenvalue weighted by molar-refractivity contribution is 0.750. The molecule has 0 amide bonds. The van der Waals surface area contributed by atoms with Crippen LogP contribution in [0.25, 0.3) is 0 Å². The second kappa shape index (κ2) is 5.56. The molecule has 2 nitrogen and oxygen atoms in total. The highest BCUT2D eigenvalue weighted by Crippen LogP contribution is 2.29. The SMILES string of the molecule is CC(C)CSc1cccc(Br)c1C(=N)N. The van der Waals surface area contributed by atoms with Crippen LogP contribution in [0.1, 0.15) is 19.4 Å². The molecule has 1 aromatic carbocycles. The van der Waals surface area contributed by atoms with Gasteiger partial charge in [0.15, 0.2) is 0 Å². The lowest BCUT2D eigenvalue weighted by Crippen LogP contribution is -2.13. The molecular weight excluding hydrogens is 272 g/mol. The van der Waals surface area contributed by atoms with Gasteiger partial charge in [-0.2, -0.15) is 0 Å². The van der Waals surface area contributed by atoms with E-state index in [0.717, 1.165) is 20.7 Å². The molecule has 4 heteroatoms. The smallest absolute Gasteiger partial charge is 0.125 e. The third kappa shape index (κ3) is 3.54. The fourth-order valence-electron chi connectivity index (χ4n) is 1.14. The fraction of sp³-hybridized carbons (Fsp3) is 0.364. The van der Waals surface area contributed by atoms with Gasteiger partial charge in [-0.25, -0.2) is 0 Å². The molecule has 1 aromatic rings. The molecule has 0 heterocycles. The molecule has 0 aliphatic rings. The minimum atomic E-state index is 0.119. The van der Waals surface area contributed by atoms with E-state index in [1.54, 1.807) is 11.8 Å². The Kier molecular flexibility index (Phi) is 4.67. The van der Waals surface area contributed by atoms with Crippen molar-refractivity contribution in [1.82, 2.24) is 0 Å². The van der Waals surface area contributed by atoms with Crippen LogP contribution in [0, 0.1) is 11.3 Å².